The van der Waals surface area contributed by atoms with Crippen molar-refractivity contribution in [3.8, 4) is 0 Å². The summed E-state index contributed by atoms with van der Waals surface area (Å²) in [6, 6.07) is 12.8. The summed E-state index contributed by atoms with van der Waals surface area (Å²) in [4.78, 5) is 15.6. The minimum atomic E-state index is -0.173. The highest BCUT2D eigenvalue weighted by Gasteiger charge is 2.03. The summed E-state index contributed by atoms with van der Waals surface area (Å²) in [6.45, 7) is 0.179. The molecule has 0 aliphatic rings. The van der Waals surface area contributed by atoms with Crippen molar-refractivity contribution in [3.05, 3.63) is 53.7 Å². The largest absolute Gasteiger partial charge is 0.376 e. The van der Waals surface area contributed by atoms with E-state index in [9.17, 15) is 4.79 Å². The van der Waals surface area contributed by atoms with Crippen molar-refractivity contribution < 1.29 is 4.79 Å². The molecule has 0 spiro atoms. The van der Waals surface area contributed by atoms with Crippen molar-refractivity contribution in [3.63, 3.8) is 0 Å². The number of pyridine rings is 1. The van der Waals surface area contributed by atoms with Crippen molar-refractivity contribution >= 4 is 29.0 Å². The molecule has 0 aliphatic carbocycles. The van der Waals surface area contributed by atoms with Crippen LogP contribution in [-0.2, 0) is 4.79 Å². The second-order valence-corrected chi connectivity index (χ2v) is 4.06. The van der Waals surface area contributed by atoms with Gasteiger partial charge in [-0.3, -0.25) is 4.79 Å². The lowest BCUT2D eigenvalue weighted by molar-refractivity contribution is -0.114. The van der Waals surface area contributed by atoms with Gasteiger partial charge in [0, 0.05) is 16.9 Å². The third-order valence-electron chi connectivity index (χ3n) is 2.22. The average Bonchev–Trinajstić information content (AvgIpc) is 2.38. The van der Waals surface area contributed by atoms with Gasteiger partial charge in [0.1, 0.15) is 5.82 Å². The van der Waals surface area contributed by atoms with Crippen LogP contribution in [0.2, 0.25) is 5.02 Å². The molecular weight excluding hydrogens is 250 g/mol. The van der Waals surface area contributed by atoms with Gasteiger partial charge in [0.15, 0.2) is 0 Å². The van der Waals surface area contributed by atoms with Gasteiger partial charge in [-0.1, -0.05) is 29.8 Å². The quantitative estimate of drug-likeness (QED) is 0.890. The molecule has 1 amide bonds. The van der Waals surface area contributed by atoms with Crippen LogP contribution < -0.4 is 10.6 Å². The molecule has 0 saturated carbocycles. The third-order valence-corrected chi connectivity index (χ3v) is 2.45. The molecule has 0 radical (unpaired) electrons. The van der Waals surface area contributed by atoms with E-state index in [0.717, 1.165) is 5.69 Å². The molecule has 1 aromatic heterocycles. The Morgan fingerprint density at radius 2 is 2.00 bits per heavy atom. The highest BCUT2D eigenvalue weighted by Crippen LogP contribution is 2.11. The maximum atomic E-state index is 11.6. The van der Waals surface area contributed by atoms with Gasteiger partial charge in [-0.2, -0.15) is 0 Å². The molecule has 2 N–H and O–H groups in total. The van der Waals surface area contributed by atoms with Gasteiger partial charge in [0.2, 0.25) is 5.91 Å². The van der Waals surface area contributed by atoms with Crippen molar-refractivity contribution in [2.24, 2.45) is 0 Å². The SMILES string of the molecule is O=C(CNc1ccccc1)Nc1cc(Cl)ccn1. The van der Waals surface area contributed by atoms with Gasteiger partial charge < -0.3 is 10.6 Å². The molecule has 0 aliphatic heterocycles. The zero-order valence-electron chi connectivity index (χ0n) is 9.56. The van der Waals surface area contributed by atoms with E-state index in [1.807, 2.05) is 30.3 Å². The Bertz CT molecular complexity index is 531. The molecule has 2 aromatic rings. The molecule has 92 valence electrons. The van der Waals surface area contributed by atoms with Crippen molar-refractivity contribution in [2.75, 3.05) is 17.2 Å². The predicted octanol–water partition coefficient (Wildman–Crippen LogP) is 2.79. The standard InChI is InChI=1S/C13H12ClN3O/c14-10-6-7-15-12(8-10)17-13(18)9-16-11-4-2-1-3-5-11/h1-8,16H,9H2,(H,15,17,18). The number of amides is 1. The lowest BCUT2D eigenvalue weighted by Gasteiger charge is -2.07. The minimum absolute atomic E-state index is 0.173. The summed E-state index contributed by atoms with van der Waals surface area (Å²) in [5.41, 5.74) is 0.895. The number of nitrogens with one attached hydrogen (secondary N) is 2. The van der Waals surface area contributed by atoms with Crippen LogP contribution in [0.4, 0.5) is 11.5 Å². The van der Waals surface area contributed by atoms with Crippen LogP contribution in [0.25, 0.3) is 0 Å². The van der Waals surface area contributed by atoms with Crippen LogP contribution in [0, 0.1) is 0 Å². The van der Waals surface area contributed by atoms with Crippen LogP contribution in [0.5, 0.6) is 0 Å². The number of halogens is 1. The van der Waals surface area contributed by atoms with E-state index in [0.29, 0.717) is 10.8 Å². The molecular formula is C13H12ClN3O. The zero-order chi connectivity index (χ0) is 12.8. The first-order valence-corrected chi connectivity index (χ1v) is 5.82. The highest BCUT2D eigenvalue weighted by atomic mass is 35.5. The number of hydrogen-bond donors (Lipinski definition) is 2. The molecule has 18 heavy (non-hydrogen) atoms. The first-order valence-electron chi connectivity index (χ1n) is 5.44. The molecule has 0 fully saturated rings. The number of hydrogen-bond acceptors (Lipinski definition) is 3. The summed E-state index contributed by atoms with van der Waals surface area (Å²) >= 11 is 5.79. The molecule has 4 nitrogen and oxygen atoms in total. The minimum Gasteiger partial charge on any atom is -0.376 e. The van der Waals surface area contributed by atoms with Gasteiger partial charge in [0.05, 0.1) is 6.54 Å². The lowest BCUT2D eigenvalue weighted by atomic mass is 10.3. The number of nitrogens with zero attached hydrogens (tertiary/aromatic N) is 1. The summed E-state index contributed by atoms with van der Waals surface area (Å²) < 4.78 is 0. The Kier molecular flexibility index (Phi) is 4.15. The van der Waals surface area contributed by atoms with Crippen LogP contribution in [-0.4, -0.2) is 17.4 Å². The predicted molar refractivity (Wildman–Crippen MR) is 72.8 cm³/mol. The summed E-state index contributed by atoms with van der Waals surface area (Å²) in [7, 11) is 0. The number of anilines is 2. The normalized spacial score (nSPS) is 9.83. The number of benzene rings is 1. The molecule has 1 aromatic carbocycles. The second kappa shape index (κ2) is 6.02. The summed E-state index contributed by atoms with van der Waals surface area (Å²) in [5, 5.41) is 6.20. The topological polar surface area (TPSA) is 54.0 Å². The zero-order valence-corrected chi connectivity index (χ0v) is 10.3. The van der Waals surface area contributed by atoms with Gasteiger partial charge in [-0.25, -0.2) is 4.98 Å². The van der Waals surface area contributed by atoms with E-state index in [2.05, 4.69) is 15.6 Å². The molecule has 0 bridgehead atoms. The molecule has 0 saturated heterocycles. The van der Waals surface area contributed by atoms with Crippen LogP contribution in [0.3, 0.4) is 0 Å². The Hall–Kier alpha value is -2.07. The average molecular weight is 262 g/mol. The monoisotopic (exact) mass is 261 g/mol. The van der Waals surface area contributed by atoms with Gasteiger partial charge >= 0.3 is 0 Å². The maximum absolute atomic E-state index is 11.6. The van der Waals surface area contributed by atoms with Crippen molar-refractivity contribution in [1.29, 1.82) is 0 Å². The maximum Gasteiger partial charge on any atom is 0.244 e. The van der Waals surface area contributed by atoms with E-state index >= 15 is 0 Å². The van der Waals surface area contributed by atoms with Crippen LogP contribution >= 0.6 is 11.6 Å². The molecule has 5 heteroatoms. The van der Waals surface area contributed by atoms with E-state index in [-0.39, 0.29) is 12.5 Å². The number of carbonyl (C=O) groups excluding carboxylic acids is 1. The molecule has 1 heterocycles. The molecule has 2 rings (SSSR count). The first-order chi connectivity index (χ1) is 8.74. The van der Waals surface area contributed by atoms with E-state index in [1.54, 1.807) is 18.3 Å². The smallest absolute Gasteiger partial charge is 0.244 e. The summed E-state index contributed by atoms with van der Waals surface area (Å²) in [5.74, 6) is 0.274. The number of para-hydroxylation sites is 1. The fraction of sp³-hybridized carbons (Fsp3) is 0.0769. The van der Waals surface area contributed by atoms with Crippen LogP contribution in [0.1, 0.15) is 0 Å². The Balaban J connectivity index is 1.86. The Labute approximate surface area is 110 Å². The fourth-order valence-electron chi connectivity index (χ4n) is 1.40. The Morgan fingerprint density at radius 1 is 1.22 bits per heavy atom. The fourth-order valence-corrected chi connectivity index (χ4v) is 1.56. The van der Waals surface area contributed by atoms with Gasteiger partial charge in [-0.05, 0) is 24.3 Å². The Morgan fingerprint density at radius 3 is 2.72 bits per heavy atom. The van der Waals surface area contributed by atoms with Crippen LogP contribution in [0.15, 0.2) is 48.7 Å². The van der Waals surface area contributed by atoms with Gasteiger partial charge in [0.25, 0.3) is 0 Å². The van der Waals surface area contributed by atoms with Gasteiger partial charge in [-0.15, -0.1) is 0 Å². The lowest BCUT2D eigenvalue weighted by Crippen LogP contribution is -2.22. The number of aromatic nitrogens is 1. The second-order valence-electron chi connectivity index (χ2n) is 3.63. The van der Waals surface area contributed by atoms with Crippen molar-refractivity contribution in [2.45, 2.75) is 0 Å². The number of rotatable bonds is 4. The number of carbonyl (C=O) groups is 1. The molecule has 0 atom stereocenters. The first kappa shape index (κ1) is 12.4. The third kappa shape index (κ3) is 3.75. The van der Waals surface area contributed by atoms with E-state index in [1.165, 1.54) is 0 Å². The van der Waals surface area contributed by atoms with Crippen molar-refractivity contribution in [1.82, 2.24) is 4.98 Å². The molecule has 0 unspecified atom stereocenters. The highest BCUT2D eigenvalue weighted by molar-refractivity contribution is 6.30. The summed E-state index contributed by atoms with van der Waals surface area (Å²) in [6.07, 6.45) is 1.54. The van der Waals surface area contributed by atoms with E-state index in [4.69, 9.17) is 11.6 Å². The van der Waals surface area contributed by atoms with E-state index < -0.39 is 0 Å².